The first-order valence-electron chi connectivity index (χ1n) is 9.06. The number of anilines is 3. The van der Waals surface area contributed by atoms with Gasteiger partial charge in [0, 0.05) is 23.5 Å². The van der Waals surface area contributed by atoms with Gasteiger partial charge in [0.25, 0.3) is 0 Å². The normalized spacial score (nSPS) is 16.4. The summed E-state index contributed by atoms with van der Waals surface area (Å²) in [5, 5.41) is 8.35. The quantitative estimate of drug-likeness (QED) is 0.743. The molecular formula is C22H21N3O2. The van der Waals surface area contributed by atoms with Gasteiger partial charge < -0.3 is 15.5 Å². The maximum absolute atomic E-state index is 13.1. The fourth-order valence-electron chi connectivity index (χ4n) is 3.60. The molecule has 0 aromatic heterocycles. The van der Waals surface area contributed by atoms with Crippen molar-refractivity contribution in [2.75, 3.05) is 22.1 Å². The van der Waals surface area contributed by atoms with Crippen molar-refractivity contribution in [1.29, 1.82) is 0 Å². The monoisotopic (exact) mass is 359 g/mol. The molecule has 2 amide bonds. The zero-order valence-electron chi connectivity index (χ0n) is 15.1. The first kappa shape index (κ1) is 17.1. The Labute approximate surface area is 158 Å². The number of amides is 2. The highest BCUT2D eigenvalue weighted by Gasteiger charge is 2.29. The molecule has 0 spiro atoms. The van der Waals surface area contributed by atoms with Gasteiger partial charge in [-0.25, -0.2) is 0 Å². The van der Waals surface area contributed by atoms with Gasteiger partial charge in [-0.05, 0) is 30.5 Å². The van der Waals surface area contributed by atoms with Crippen LogP contribution >= 0.6 is 0 Å². The molecule has 1 aliphatic rings. The van der Waals surface area contributed by atoms with Gasteiger partial charge in [0.1, 0.15) is 0 Å². The third-order valence-corrected chi connectivity index (χ3v) is 4.85. The van der Waals surface area contributed by atoms with E-state index in [-0.39, 0.29) is 30.8 Å². The molecule has 0 bridgehead atoms. The summed E-state index contributed by atoms with van der Waals surface area (Å²) in [5.41, 5.74) is 2.33. The Balaban J connectivity index is 1.59. The smallest absolute Gasteiger partial charge is 0.246 e. The van der Waals surface area contributed by atoms with E-state index in [0.717, 1.165) is 22.1 Å². The number of hydrogen-bond acceptors (Lipinski definition) is 3. The lowest BCUT2D eigenvalue weighted by Gasteiger charge is -2.28. The number of carbonyl (C=O) groups excluding carboxylic acids is 2. The predicted octanol–water partition coefficient (Wildman–Crippen LogP) is 4.02. The number of carbonyl (C=O) groups is 2. The van der Waals surface area contributed by atoms with Crippen LogP contribution in [0.4, 0.5) is 17.1 Å². The molecular weight excluding hydrogens is 338 g/mol. The van der Waals surface area contributed by atoms with E-state index in [1.54, 1.807) is 4.90 Å². The number of benzene rings is 3. The summed E-state index contributed by atoms with van der Waals surface area (Å²) in [6.45, 7) is 2.05. The van der Waals surface area contributed by atoms with Crippen molar-refractivity contribution < 1.29 is 9.59 Å². The van der Waals surface area contributed by atoms with Gasteiger partial charge in [0.2, 0.25) is 11.8 Å². The van der Waals surface area contributed by atoms with Crippen molar-refractivity contribution >= 4 is 39.6 Å². The van der Waals surface area contributed by atoms with E-state index < -0.39 is 0 Å². The summed E-state index contributed by atoms with van der Waals surface area (Å²) >= 11 is 0. The van der Waals surface area contributed by atoms with Crippen LogP contribution in [-0.2, 0) is 9.59 Å². The first-order valence-corrected chi connectivity index (χ1v) is 9.06. The molecule has 1 heterocycles. The average Bonchev–Trinajstić information content (AvgIpc) is 2.80. The van der Waals surface area contributed by atoms with Gasteiger partial charge in [0.05, 0.1) is 17.9 Å². The van der Waals surface area contributed by atoms with Crippen LogP contribution in [0.3, 0.4) is 0 Å². The highest BCUT2D eigenvalue weighted by molar-refractivity contribution is 6.06. The Bertz CT molecular complexity index is 1010. The van der Waals surface area contributed by atoms with Crippen LogP contribution in [0.15, 0.2) is 66.7 Å². The molecule has 5 nitrogen and oxygen atoms in total. The van der Waals surface area contributed by atoms with Crippen molar-refractivity contribution in [2.24, 2.45) is 0 Å². The maximum atomic E-state index is 13.1. The summed E-state index contributed by atoms with van der Waals surface area (Å²) in [6, 6.07) is 21.3. The second-order valence-electron chi connectivity index (χ2n) is 6.76. The van der Waals surface area contributed by atoms with E-state index in [4.69, 9.17) is 0 Å². The molecule has 0 saturated heterocycles. The first-order chi connectivity index (χ1) is 13.1. The van der Waals surface area contributed by atoms with Crippen molar-refractivity contribution in [3.8, 4) is 0 Å². The van der Waals surface area contributed by atoms with Gasteiger partial charge >= 0.3 is 0 Å². The van der Waals surface area contributed by atoms with Crippen molar-refractivity contribution in [3.63, 3.8) is 0 Å². The van der Waals surface area contributed by atoms with E-state index in [1.807, 2.05) is 73.7 Å². The van der Waals surface area contributed by atoms with Crippen LogP contribution in [-0.4, -0.2) is 24.4 Å². The molecule has 3 aromatic rings. The van der Waals surface area contributed by atoms with Gasteiger partial charge in [0.15, 0.2) is 0 Å². The fourth-order valence-corrected chi connectivity index (χ4v) is 3.60. The molecule has 1 aliphatic heterocycles. The number of hydrogen-bond donors (Lipinski definition) is 2. The Kier molecular flexibility index (Phi) is 4.50. The van der Waals surface area contributed by atoms with E-state index in [9.17, 15) is 9.59 Å². The molecule has 5 heteroatoms. The van der Waals surface area contributed by atoms with E-state index in [1.165, 1.54) is 0 Å². The Hall–Kier alpha value is -3.34. The molecule has 0 fully saturated rings. The van der Waals surface area contributed by atoms with Gasteiger partial charge in [-0.15, -0.1) is 0 Å². The molecule has 0 radical (unpaired) electrons. The molecule has 3 aromatic carbocycles. The van der Waals surface area contributed by atoms with Crippen LogP contribution in [0.25, 0.3) is 10.8 Å². The summed E-state index contributed by atoms with van der Waals surface area (Å²) in [5.74, 6) is -0.147. The van der Waals surface area contributed by atoms with Crippen LogP contribution < -0.4 is 15.5 Å². The van der Waals surface area contributed by atoms with E-state index in [2.05, 4.69) is 10.6 Å². The Morgan fingerprint density at radius 3 is 2.70 bits per heavy atom. The molecule has 0 saturated carbocycles. The average molecular weight is 359 g/mol. The standard InChI is InChI=1S/C22H21N3O2/c1-15-13-21(26)24-19-10-4-5-12-20(19)25(15)22(27)14-23-18-11-6-8-16-7-2-3-9-17(16)18/h2-12,15,23H,13-14H2,1H3,(H,24,26)/t15-/m1/s1. The highest BCUT2D eigenvalue weighted by atomic mass is 16.2. The van der Waals surface area contributed by atoms with Crippen LogP contribution in [0.1, 0.15) is 13.3 Å². The molecule has 1 atom stereocenters. The second kappa shape index (κ2) is 7.11. The van der Waals surface area contributed by atoms with Crippen LogP contribution in [0.5, 0.6) is 0 Å². The number of fused-ring (bicyclic) bond motifs is 2. The Morgan fingerprint density at radius 1 is 1.07 bits per heavy atom. The van der Waals surface area contributed by atoms with Gasteiger partial charge in [-0.3, -0.25) is 9.59 Å². The second-order valence-corrected chi connectivity index (χ2v) is 6.76. The van der Waals surface area contributed by atoms with E-state index in [0.29, 0.717) is 5.69 Å². The minimum Gasteiger partial charge on any atom is -0.376 e. The molecule has 0 unspecified atom stereocenters. The third-order valence-electron chi connectivity index (χ3n) is 4.85. The largest absolute Gasteiger partial charge is 0.376 e. The van der Waals surface area contributed by atoms with Gasteiger partial charge in [-0.2, -0.15) is 0 Å². The summed E-state index contributed by atoms with van der Waals surface area (Å²) in [6.07, 6.45) is 0.273. The predicted molar refractivity (Wildman–Crippen MR) is 109 cm³/mol. The topological polar surface area (TPSA) is 61.4 Å². The molecule has 2 N–H and O–H groups in total. The van der Waals surface area contributed by atoms with Crippen LogP contribution in [0.2, 0.25) is 0 Å². The van der Waals surface area contributed by atoms with Crippen molar-refractivity contribution in [2.45, 2.75) is 19.4 Å². The maximum Gasteiger partial charge on any atom is 0.246 e. The molecule has 27 heavy (non-hydrogen) atoms. The number of nitrogens with zero attached hydrogens (tertiary/aromatic N) is 1. The number of para-hydroxylation sites is 2. The minimum atomic E-state index is -0.213. The lowest BCUT2D eigenvalue weighted by atomic mass is 10.1. The molecule has 4 rings (SSSR count). The minimum absolute atomic E-state index is 0.0700. The summed E-state index contributed by atoms with van der Waals surface area (Å²) in [7, 11) is 0. The number of nitrogens with one attached hydrogen (secondary N) is 2. The Morgan fingerprint density at radius 2 is 1.81 bits per heavy atom. The lowest BCUT2D eigenvalue weighted by Crippen LogP contribution is -2.42. The lowest BCUT2D eigenvalue weighted by molar-refractivity contribution is -0.118. The third kappa shape index (κ3) is 3.36. The van der Waals surface area contributed by atoms with Crippen molar-refractivity contribution in [3.05, 3.63) is 66.7 Å². The van der Waals surface area contributed by atoms with Crippen molar-refractivity contribution in [1.82, 2.24) is 0 Å². The molecule has 0 aliphatic carbocycles. The van der Waals surface area contributed by atoms with Crippen LogP contribution in [0, 0.1) is 0 Å². The zero-order valence-corrected chi connectivity index (χ0v) is 15.1. The summed E-state index contributed by atoms with van der Waals surface area (Å²) < 4.78 is 0. The highest BCUT2D eigenvalue weighted by Crippen LogP contribution is 2.31. The fraction of sp³-hybridized carbons (Fsp3) is 0.182. The number of rotatable bonds is 3. The van der Waals surface area contributed by atoms with E-state index >= 15 is 0 Å². The SMILES string of the molecule is C[C@@H]1CC(=O)Nc2ccccc2N1C(=O)CNc1cccc2ccccc12. The van der Waals surface area contributed by atoms with Gasteiger partial charge in [-0.1, -0.05) is 48.5 Å². The summed E-state index contributed by atoms with van der Waals surface area (Å²) in [4.78, 5) is 26.9. The molecule has 136 valence electrons. The zero-order chi connectivity index (χ0) is 18.8.